The largest absolute Gasteiger partial charge is 0.449 e. The molecule has 1 aliphatic heterocycles. The number of likely N-dealkylation sites (tertiary alicyclic amines) is 1. The summed E-state index contributed by atoms with van der Waals surface area (Å²) in [4.78, 5) is 13.3. The van der Waals surface area contributed by atoms with Crippen LogP contribution in [0.3, 0.4) is 0 Å². The monoisotopic (exact) mass is 245 g/mol. The van der Waals surface area contributed by atoms with Crippen molar-refractivity contribution < 1.29 is 19.7 Å². The van der Waals surface area contributed by atoms with Gasteiger partial charge in [-0.25, -0.2) is 4.79 Å². The first-order valence-electron chi connectivity index (χ1n) is 6.25. The number of aliphatic hydroxyl groups is 2. The molecule has 1 unspecified atom stereocenters. The highest BCUT2D eigenvalue weighted by Crippen LogP contribution is 2.21. The first-order chi connectivity index (χ1) is 8.04. The molecule has 0 aromatic heterocycles. The van der Waals surface area contributed by atoms with Crippen molar-refractivity contribution >= 4 is 6.09 Å². The minimum absolute atomic E-state index is 0.0918. The molecule has 1 heterocycles. The Kier molecular flexibility index (Phi) is 5.71. The first-order valence-corrected chi connectivity index (χ1v) is 6.25. The molecule has 0 saturated carbocycles. The Morgan fingerprint density at radius 3 is 2.47 bits per heavy atom. The molecule has 0 aromatic rings. The molecule has 17 heavy (non-hydrogen) atoms. The number of piperidine rings is 1. The summed E-state index contributed by atoms with van der Waals surface area (Å²) in [7, 11) is 0. The predicted molar refractivity (Wildman–Crippen MR) is 63.6 cm³/mol. The maximum absolute atomic E-state index is 11.6. The zero-order valence-corrected chi connectivity index (χ0v) is 10.6. The molecule has 1 aliphatic rings. The quantitative estimate of drug-likeness (QED) is 0.770. The van der Waals surface area contributed by atoms with Crippen LogP contribution in [0.1, 0.15) is 26.7 Å². The van der Waals surface area contributed by atoms with Crippen LogP contribution in [0.4, 0.5) is 4.79 Å². The third kappa shape index (κ3) is 4.52. The summed E-state index contributed by atoms with van der Waals surface area (Å²) < 4.78 is 5.14. The van der Waals surface area contributed by atoms with Gasteiger partial charge in [0.05, 0.1) is 19.3 Å². The molecule has 0 aliphatic carbocycles. The second kappa shape index (κ2) is 6.81. The number of carbonyl (C=O) groups excluding carboxylic acids is 1. The van der Waals surface area contributed by atoms with Crippen LogP contribution < -0.4 is 0 Å². The zero-order valence-electron chi connectivity index (χ0n) is 10.6. The zero-order chi connectivity index (χ0) is 12.8. The SMILES string of the molecule is CC(C)COC(=O)N1CCC(C(O)CO)CC1. The molecule has 1 atom stereocenters. The summed E-state index contributed by atoms with van der Waals surface area (Å²) in [5.41, 5.74) is 0. The first kappa shape index (κ1) is 14.3. The third-order valence-electron chi connectivity index (χ3n) is 3.07. The van der Waals surface area contributed by atoms with Crippen LogP contribution in [0.5, 0.6) is 0 Å². The summed E-state index contributed by atoms with van der Waals surface area (Å²) in [6, 6.07) is 0. The topological polar surface area (TPSA) is 70.0 Å². The fourth-order valence-corrected chi connectivity index (χ4v) is 1.95. The molecular weight excluding hydrogens is 222 g/mol. The Morgan fingerprint density at radius 2 is 2.00 bits per heavy atom. The van der Waals surface area contributed by atoms with E-state index in [1.807, 2.05) is 13.8 Å². The highest BCUT2D eigenvalue weighted by atomic mass is 16.6. The van der Waals surface area contributed by atoms with Gasteiger partial charge >= 0.3 is 6.09 Å². The van der Waals surface area contributed by atoms with E-state index in [-0.39, 0.29) is 18.6 Å². The second-order valence-electron chi connectivity index (χ2n) is 5.05. The van der Waals surface area contributed by atoms with Crippen LogP contribution in [-0.4, -0.2) is 53.6 Å². The van der Waals surface area contributed by atoms with Crippen LogP contribution in [-0.2, 0) is 4.74 Å². The Balaban J connectivity index is 2.28. The average molecular weight is 245 g/mol. The highest BCUT2D eigenvalue weighted by molar-refractivity contribution is 5.67. The van der Waals surface area contributed by atoms with Crippen LogP contribution in [0.2, 0.25) is 0 Å². The molecule has 5 heteroatoms. The lowest BCUT2D eigenvalue weighted by atomic mass is 9.92. The predicted octanol–water partition coefficient (Wildman–Crippen LogP) is 0.844. The Bertz CT molecular complexity index is 237. The second-order valence-corrected chi connectivity index (χ2v) is 5.05. The van der Waals surface area contributed by atoms with Crippen molar-refractivity contribution in [3.8, 4) is 0 Å². The Labute approximate surface area is 102 Å². The van der Waals surface area contributed by atoms with Gasteiger partial charge in [-0.15, -0.1) is 0 Å². The van der Waals surface area contributed by atoms with E-state index in [9.17, 15) is 9.90 Å². The van der Waals surface area contributed by atoms with Gasteiger partial charge in [0.1, 0.15) is 0 Å². The third-order valence-corrected chi connectivity index (χ3v) is 3.07. The molecule has 2 N–H and O–H groups in total. The fraction of sp³-hybridized carbons (Fsp3) is 0.917. The standard InChI is InChI=1S/C12H23NO4/c1-9(2)8-17-12(16)13-5-3-10(4-6-13)11(15)7-14/h9-11,14-15H,3-8H2,1-2H3. The lowest BCUT2D eigenvalue weighted by Gasteiger charge is -2.33. The van der Waals surface area contributed by atoms with Gasteiger partial charge in [0.15, 0.2) is 0 Å². The Hall–Kier alpha value is -0.810. The van der Waals surface area contributed by atoms with Crippen LogP contribution in [0.25, 0.3) is 0 Å². The number of ether oxygens (including phenoxy) is 1. The number of hydrogen-bond acceptors (Lipinski definition) is 4. The number of rotatable bonds is 4. The smallest absolute Gasteiger partial charge is 0.409 e. The van der Waals surface area contributed by atoms with E-state index in [1.54, 1.807) is 4.90 Å². The number of carbonyl (C=O) groups is 1. The molecule has 5 nitrogen and oxygen atoms in total. The molecule has 0 spiro atoms. The van der Waals surface area contributed by atoms with E-state index in [0.29, 0.717) is 25.6 Å². The van der Waals surface area contributed by atoms with Gasteiger partial charge in [0.25, 0.3) is 0 Å². The van der Waals surface area contributed by atoms with E-state index >= 15 is 0 Å². The molecular formula is C12H23NO4. The van der Waals surface area contributed by atoms with Crippen molar-refractivity contribution in [2.75, 3.05) is 26.3 Å². The number of aliphatic hydroxyl groups excluding tert-OH is 2. The molecule has 100 valence electrons. The van der Waals surface area contributed by atoms with Crippen molar-refractivity contribution in [2.45, 2.75) is 32.8 Å². The molecule has 1 rings (SSSR count). The van der Waals surface area contributed by atoms with Crippen molar-refractivity contribution in [3.05, 3.63) is 0 Å². The van der Waals surface area contributed by atoms with Gasteiger partial charge < -0.3 is 19.8 Å². The summed E-state index contributed by atoms with van der Waals surface area (Å²) >= 11 is 0. The number of nitrogens with zero attached hydrogens (tertiary/aromatic N) is 1. The molecule has 0 bridgehead atoms. The van der Waals surface area contributed by atoms with E-state index in [1.165, 1.54) is 0 Å². The van der Waals surface area contributed by atoms with E-state index in [2.05, 4.69) is 0 Å². The fourth-order valence-electron chi connectivity index (χ4n) is 1.95. The summed E-state index contributed by atoms with van der Waals surface area (Å²) in [5, 5.41) is 18.4. The number of amides is 1. The van der Waals surface area contributed by atoms with Crippen molar-refractivity contribution in [3.63, 3.8) is 0 Å². The number of hydrogen-bond donors (Lipinski definition) is 2. The van der Waals surface area contributed by atoms with Gasteiger partial charge in [0.2, 0.25) is 0 Å². The summed E-state index contributed by atoms with van der Waals surface area (Å²) in [6.45, 7) is 5.42. The normalized spacial score (nSPS) is 19.5. The minimum Gasteiger partial charge on any atom is -0.449 e. The molecule has 1 fully saturated rings. The lowest BCUT2D eigenvalue weighted by molar-refractivity contribution is 0.0149. The molecule has 1 saturated heterocycles. The van der Waals surface area contributed by atoms with Gasteiger partial charge in [0, 0.05) is 13.1 Å². The minimum atomic E-state index is -0.663. The van der Waals surface area contributed by atoms with Crippen LogP contribution in [0.15, 0.2) is 0 Å². The van der Waals surface area contributed by atoms with Crippen LogP contribution in [0, 0.1) is 11.8 Å². The van der Waals surface area contributed by atoms with Gasteiger partial charge in [-0.2, -0.15) is 0 Å². The van der Waals surface area contributed by atoms with Crippen molar-refractivity contribution in [1.29, 1.82) is 0 Å². The van der Waals surface area contributed by atoms with Crippen LogP contribution >= 0.6 is 0 Å². The van der Waals surface area contributed by atoms with E-state index < -0.39 is 6.10 Å². The van der Waals surface area contributed by atoms with Gasteiger partial charge in [-0.05, 0) is 24.7 Å². The van der Waals surface area contributed by atoms with Gasteiger partial charge in [-0.1, -0.05) is 13.8 Å². The van der Waals surface area contributed by atoms with E-state index in [4.69, 9.17) is 9.84 Å². The molecule has 1 amide bonds. The molecule has 0 radical (unpaired) electrons. The molecule has 0 aromatic carbocycles. The van der Waals surface area contributed by atoms with Crippen molar-refractivity contribution in [2.24, 2.45) is 11.8 Å². The highest BCUT2D eigenvalue weighted by Gasteiger charge is 2.27. The van der Waals surface area contributed by atoms with E-state index in [0.717, 1.165) is 12.8 Å². The average Bonchev–Trinajstić information content (AvgIpc) is 2.35. The summed E-state index contributed by atoms with van der Waals surface area (Å²) in [6.07, 6.45) is 0.510. The Morgan fingerprint density at radius 1 is 1.41 bits per heavy atom. The maximum Gasteiger partial charge on any atom is 0.409 e. The lowest BCUT2D eigenvalue weighted by Crippen LogP contribution is -2.42. The van der Waals surface area contributed by atoms with Crippen molar-refractivity contribution in [1.82, 2.24) is 4.90 Å². The van der Waals surface area contributed by atoms with Gasteiger partial charge in [-0.3, -0.25) is 0 Å². The maximum atomic E-state index is 11.6. The summed E-state index contributed by atoms with van der Waals surface area (Å²) in [5.74, 6) is 0.432.